The van der Waals surface area contributed by atoms with Crippen LogP contribution in [0.25, 0.3) is 0 Å². The number of halogens is 1. The smallest absolute Gasteiger partial charge is 0.186 e. The summed E-state index contributed by atoms with van der Waals surface area (Å²) >= 11 is 5.88. The van der Waals surface area contributed by atoms with Gasteiger partial charge in [-0.1, -0.05) is 30.3 Å². The van der Waals surface area contributed by atoms with E-state index in [-0.39, 0.29) is 0 Å². The number of carbonyl (C=O) groups is 1. The first-order valence-electron chi connectivity index (χ1n) is 5.36. The average molecular weight is 275 g/mol. The van der Waals surface area contributed by atoms with E-state index in [0.717, 1.165) is 0 Å². The van der Waals surface area contributed by atoms with E-state index in [1.54, 1.807) is 30.3 Å². The molecule has 0 aliphatic rings. The molecule has 0 aliphatic heterocycles. The van der Waals surface area contributed by atoms with Gasteiger partial charge in [0.1, 0.15) is 23.7 Å². The molecule has 100 valence electrons. The molecule has 4 N–H and O–H groups in total. The predicted molar refractivity (Wildman–Crippen MR) is 65.1 cm³/mol. The highest BCUT2D eigenvalue weighted by atomic mass is 35.5. The van der Waals surface area contributed by atoms with Crippen LogP contribution in [-0.4, -0.2) is 51.1 Å². The van der Waals surface area contributed by atoms with Crippen molar-refractivity contribution in [1.29, 1.82) is 0 Å². The van der Waals surface area contributed by atoms with Crippen LogP contribution in [0.15, 0.2) is 30.3 Å². The molecule has 0 bridgehead atoms. The number of aliphatic hydroxyl groups is 4. The number of hydrogen-bond acceptors (Lipinski definition) is 5. The summed E-state index contributed by atoms with van der Waals surface area (Å²) in [4.78, 5) is 11.8. The molecule has 5 nitrogen and oxygen atoms in total. The van der Waals surface area contributed by atoms with Crippen molar-refractivity contribution in [2.45, 2.75) is 23.7 Å². The molecule has 0 spiro atoms. The maximum absolute atomic E-state index is 11.8. The van der Waals surface area contributed by atoms with E-state index < -0.39 is 36.1 Å². The van der Waals surface area contributed by atoms with E-state index in [0.29, 0.717) is 5.56 Å². The third-order valence-corrected chi connectivity index (χ3v) is 3.01. The van der Waals surface area contributed by atoms with Crippen LogP contribution in [0.4, 0.5) is 0 Å². The largest absolute Gasteiger partial charge is 0.394 e. The van der Waals surface area contributed by atoms with Crippen LogP contribution >= 0.6 is 11.6 Å². The summed E-state index contributed by atoms with van der Waals surface area (Å²) < 4.78 is 0. The number of aliphatic hydroxyl groups excluding tert-OH is 4. The third-order valence-electron chi connectivity index (χ3n) is 2.54. The highest BCUT2D eigenvalue weighted by molar-refractivity contribution is 6.31. The monoisotopic (exact) mass is 274 g/mol. The summed E-state index contributed by atoms with van der Waals surface area (Å²) in [6.07, 6.45) is -5.22. The van der Waals surface area contributed by atoms with Gasteiger partial charge in [-0.3, -0.25) is 4.79 Å². The molecule has 1 aromatic carbocycles. The van der Waals surface area contributed by atoms with Gasteiger partial charge in [-0.05, 0) is 5.56 Å². The number of hydrogen-bond donors (Lipinski definition) is 4. The Morgan fingerprint density at radius 1 is 1.17 bits per heavy atom. The van der Waals surface area contributed by atoms with E-state index in [4.69, 9.17) is 21.8 Å². The lowest BCUT2D eigenvalue weighted by molar-refractivity contribution is -0.139. The van der Waals surface area contributed by atoms with Gasteiger partial charge in [0.05, 0.1) is 6.61 Å². The lowest BCUT2D eigenvalue weighted by Crippen LogP contribution is -2.44. The van der Waals surface area contributed by atoms with E-state index in [2.05, 4.69) is 0 Å². The molecule has 0 heterocycles. The minimum atomic E-state index is -1.85. The van der Waals surface area contributed by atoms with Crippen molar-refractivity contribution in [2.24, 2.45) is 0 Å². The van der Waals surface area contributed by atoms with E-state index in [1.807, 2.05) is 0 Å². The molecule has 1 rings (SSSR count). The van der Waals surface area contributed by atoms with Gasteiger partial charge in [-0.25, -0.2) is 0 Å². The lowest BCUT2D eigenvalue weighted by atomic mass is 9.99. The van der Waals surface area contributed by atoms with Gasteiger partial charge in [0.2, 0.25) is 0 Å². The standard InChI is InChI=1S/C12H15ClO5/c13-9(7-4-2-1-3-5-7)11(17)12(18)10(16)8(15)6-14/h1-5,8-10,12,14-16,18H,6H2/t8-,9?,10+,12-/m1/s1. The minimum absolute atomic E-state index is 0.480. The SMILES string of the molecule is O=C(C(Cl)c1ccccc1)[C@H](O)[C@@H](O)[C@H](O)CO. The average Bonchev–Trinajstić information content (AvgIpc) is 2.44. The highest BCUT2D eigenvalue weighted by Gasteiger charge is 2.33. The lowest BCUT2D eigenvalue weighted by Gasteiger charge is -2.22. The third kappa shape index (κ3) is 3.51. The van der Waals surface area contributed by atoms with Crippen molar-refractivity contribution >= 4 is 17.4 Å². The van der Waals surface area contributed by atoms with Crippen molar-refractivity contribution in [3.05, 3.63) is 35.9 Å². The van der Waals surface area contributed by atoms with Crippen molar-refractivity contribution < 1.29 is 25.2 Å². The number of alkyl halides is 1. The van der Waals surface area contributed by atoms with Crippen LogP contribution in [0.2, 0.25) is 0 Å². The van der Waals surface area contributed by atoms with E-state index in [1.165, 1.54) is 0 Å². The fourth-order valence-corrected chi connectivity index (χ4v) is 1.70. The van der Waals surface area contributed by atoms with Gasteiger partial charge in [-0.15, -0.1) is 11.6 Å². The van der Waals surface area contributed by atoms with Crippen LogP contribution in [0.5, 0.6) is 0 Å². The first-order chi connectivity index (χ1) is 8.49. The maximum Gasteiger partial charge on any atom is 0.186 e. The van der Waals surface area contributed by atoms with Crippen molar-refractivity contribution in [3.8, 4) is 0 Å². The molecule has 0 aliphatic carbocycles. The minimum Gasteiger partial charge on any atom is -0.394 e. The molecule has 1 aromatic rings. The Kier molecular flexibility index (Phi) is 5.71. The summed E-state index contributed by atoms with van der Waals surface area (Å²) in [6.45, 7) is -0.760. The molecule has 0 saturated carbocycles. The molecule has 0 fully saturated rings. The van der Waals surface area contributed by atoms with Gasteiger partial charge in [-0.2, -0.15) is 0 Å². The molecular formula is C12H15ClO5. The summed E-state index contributed by atoms with van der Waals surface area (Å²) in [7, 11) is 0. The van der Waals surface area contributed by atoms with E-state index in [9.17, 15) is 15.0 Å². The number of ketones is 1. The maximum atomic E-state index is 11.8. The number of carbonyl (C=O) groups excluding carboxylic acids is 1. The number of Topliss-reactive ketones (excluding diaryl/α,β-unsaturated/α-hetero) is 1. The Labute approximate surface area is 109 Å². The summed E-state index contributed by atoms with van der Waals surface area (Å²) in [6, 6.07) is 8.33. The zero-order valence-electron chi connectivity index (χ0n) is 9.48. The fraction of sp³-hybridized carbons (Fsp3) is 0.417. The molecular weight excluding hydrogens is 260 g/mol. The molecule has 1 unspecified atom stereocenters. The number of benzene rings is 1. The van der Waals surface area contributed by atoms with Crippen LogP contribution in [0, 0.1) is 0 Å². The van der Waals surface area contributed by atoms with Crippen LogP contribution in [0.3, 0.4) is 0 Å². The molecule has 18 heavy (non-hydrogen) atoms. The Hall–Kier alpha value is -0.980. The predicted octanol–water partition coefficient (Wildman–Crippen LogP) is -0.389. The molecule has 4 atom stereocenters. The topological polar surface area (TPSA) is 98.0 Å². The van der Waals surface area contributed by atoms with Gasteiger partial charge >= 0.3 is 0 Å². The first-order valence-corrected chi connectivity index (χ1v) is 5.80. The molecule has 0 aromatic heterocycles. The molecule has 6 heteroatoms. The van der Waals surface area contributed by atoms with Gasteiger partial charge in [0.25, 0.3) is 0 Å². The van der Waals surface area contributed by atoms with Gasteiger partial charge in [0.15, 0.2) is 5.78 Å². The summed E-state index contributed by atoms with van der Waals surface area (Å²) in [5.74, 6) is -0.831. The highest BCUT2D eigenvalue weighted by Crippen LogP contribution is 2.23. The van der Waals surface area contributed by atoms with Crippen molar-refractivity contribution in [1.82, 2.24) is 0 Å². The van der Waals surface area contributed by atoms with Crippen LogP contribution in [0.1, 0.15) is 10.9 Å². The Morgan fingerprint density at radius 3 is 2.22 bits per heavy atom. The van der Waals surface area contributed by atoms with Crippen LogP contribution in [-0.2, 0) is 4.79 Å². The number of rotatable bonds is 6. The Bertz CT molecular complexity index is 383. The summed E-state index contributed by atoms with van der Waals surface area (Å²) in [5.41, 5.74) is 0.480. The molecule has 0 amide bonds. The Balaban J connectivity index is 2.75. The molecule has 0 saturated heterocycles. The normalized spacial score (nSPS) is 17.8. The second-order valence-electron chi connectivity index (χ2n) is 3.86. The second kappa shape index (κ2) is 6.82. The van der Waals surface area contributed by atoms with Crippen LogP contribution < -0.4 is 0 Å². The fourth-order valence-electron chi connectivity index (χ4n) is 1.42. The van der Waals surface area contributed by atoms with Gasteiger partial charge in [0, 0.05) is 0 Å². The second-order valence-corrected chi connectivity index (χ2v) is 4.30. The van der Waals surface area contributed by atoms with Crippen molar-refractivity contribution in [2.75, 3.05) is 6.61 Å². The van der Waals surface area contributed by atoms with E-state index >= 15 is 0 Å². The summed E-state index contributed by atoms with van der Waals surface area (Å²) in [5, 5.41) is 35.6. The zero-order valence-corrected chi connectivity index (χ0v) is 10.2. The van der Waals surface area contributed by atoms with Gasteiger partial charge < -0.3 is 20.4 Å². The first kappa shape index (κ1) is 15.1. The van der Waals surface area contributed by atoms with Crippen molar-refractivity contribution in [3.63, 3.8) is 0 Å². The molecule has 0 radical (unpaired) electrons. The Morgan fingerprint density at radius 2 is 1.72 bits per heavy atom. The quantitative estimate of drug-likeness (QED) is 0.530. The zero-order chi connectivity index (χ0) is 13.7.